The predicted octanol–water partition coefficient (Wildman–Crippen LogP) is 2.10. The summed E-state index contributed by atoms with van der Waals surface area (Å²) in [6.07, 6.45) is 3.72. The van der Waals surface area contributed by atoms with Gasteiger partial charge in [0.1, 0.15) is 5.52 Å². The third-order valence-corrected chi connectivity index (χ3v) is 2.98. The highest BCUT2D eigenvalue weighted by atomic mass is 16.1. The lowest BCUT2D eigenvalue weighted by molar-refractivity contribution is 0.850. The maximum absolute atomic E-state index is 11.9. The zero-order valence-corrected chi connectivity index (χ0v) is 9.27. The topological polar surface area (TPSA) is 26.4 Å². The molecule has 3 rings (SSSR count). The van der Waals surface area contributed by atoms with E-state index < -0.39 is 0 Å². The Bertz CT molecular complexity index is 750. The van der Waals surface area contributed by atoms with Crippen LogP contribution in [-0.2, 0) is 7.05 Å². The van der Waals surface area contributed by atoms with Crippen LogP contribution in [0.15, 0.2) is 41.5 Å². The van der Waals surface area contributed by atoms with Crippen LogP contribution >= 0.6 is 0 Å². The van der Waals surface area contributed by atoms with Gasteiger partial charge in [0.15, 0.2) is 0 Å². The van der Waals surface area contributed by atoms with Gasteiger partial charge < -0.3 is 8.97 Å². The summed E-state index contributed by atoms with van der Waals surface area (Å²) in [5.74, 6) is 0. The van der Waals surface area contributed by atoms with E-state index in [0.29, 0.717) is 0 Å². The number of hydrogen-bond donors (Lipinski definition) is 0. The van der Waals surface area contributed by atoms with Gasteiger partial charge in [-0.25, -0.2) is 0 Å². The molecule has 0 bridgehead atoms. The minimum Gasteiger partial charge on any atom is -0.315 e. The third kappa shape index (κ3) is 1.11. The van der Waals surface area contributed by atoms with E-state index in [1.807, 2.05) is 16.7 Å². The van der Waals surface area contributed by atoms with Crippen LogP contribution in [0.1, 0.15) is 5.56 Å². The molecule has 0 radical (unpaired) electrons. The molecule has 0 saturated heterocycles. The Morgan fingerprint density at radius 2 is 1.88 bits per heavy atom. The van der Waals surface area contributed by atoms with Gasteiger partial charge in [0.25, 0.3) is 5.56 Å². The second kappa shape index (κ2) is 2.98. The SMILES string of the molecule is Cc1ccc2cc3c(=O)n(C)ccn3c2c1. The zero-order chi connectivity index (χ0) is 11.3. The van der Waals surface area contributed by atoms with E-state index in [1.54, 1.807) is 17.8 Å². The Balaban J connectivity index is 2.61. The Morgan fingerprint density at radius 3 is 2.69 bits per heavy atom. The van der Waals surface area contributed by atoms with Gasteiger partial charge in [0.2, 0.25) is 0 Å². The van der Waals surface area contributed by atoms with Crippen molar-refractivity contribution in [2.75, 3.05) is 0 Å². The van der Waals surface area contributed by atoms with E-state index in [2.05, 4.69) is 25.1 Å². The zero-order valence-electron chi connectivity index (χ0n) is 9.27. The van der Waals surface area contributed by atoms with Crippen molar-refractivity contribution in [2.45, 2.75) is 6.92 Å². The van der Waals surface area contributed by atoms with E-state index in [9.17, 15) is 4.79 Å². The number of nitrogens with zero attached hydrogens (tertiary/aromatic N) is 2. The van der Waals surface area contributed by atoms with Crippen LogP contribution in [-0.4, -0.2) is 8.97 Å². The minimum atomic E-state index is 0.0383. The number of aromatic nitrogens is 2. The van der Waals surface area contributed by atoms with Gasteiger partial charge in [0, 0.05) is 24.8 Å². The van der Waals surface area contributed by atoms with E-state index >= 15 is 0 Å². The first-order valence-electron chi connectivity index (χ1n) is 5.24. The second-order valence-corrected chi connectivity index (χ2v) is 4.18. The summed E-state index contributed by atoms with van der Waals surface area (Å²) in [5.41, 5.74) is 3.06. The molecule has 0 amide bonds. The molecule has 3 heteroatoms. The van der Waals surface area contributed by atoms with Crippen molar-refractivity contribution in [1.82, 2.24) is 8.97 Å². The fourth-order valence-corrected chi connectivity index (χ4v) is 2.07. The molecule has 0 unspecified atom stereocenters. The quantitative estimate of drug-likeness (QED) is 0.560. The summed E-state index contributed by atoms with van der Waals surface area (Å²) in [6.45, 7) is 2.06. The minimum absolute atomic E-state index is 0.0383. The predicted molar refractivity (Wildman–Crippen MR) is 64.9 cm³/mol. The molecular weight excluding hydrogens is 200 g/mol. The van der Waals surface area contributed by atoms with Crippen molar-refractivity contribution in [2.24, 2.45) is 7.05 Å². The van der Waals surface area contributed by atoms with Gasteiger partial charge in [-0.2, -0.15) is 0 Å². The molecule has 80 valence electrons. The number of fused-ring (bicyclic) bond motifs is 3. The van der Waals surface area contributed by atoms with Crippen LogP contribution in [0, 0.1) is 6.92 Å². The molecule has 3 nitrogen and oxygen atoms in total. The molecule has 3 aromatic rings. The molecule has 1 aromatic carbocycles. The lowest BCUT2D eigenvalue weighted by atomic mass is 10.2. The first-order chi connectivity index (χ1) is 7.66. The first kappa shape index (κ1) is 9.21. The van der Waals surface area contributed by atoms with Crippen LogP contribution in [0.3, 0.4) is 0 Å². The summed E-state index contributed by atoms with van der Waals surface area (Å²) in [6, 6.07) is 8.15. The van der Waals surface area contributed by atoms with Crippen LogP contribution in [0.25, 0.3) is 16.4 Å². The van der Waals surface area contributed by atoms with Crippen LogP contribution in [0.2, 0.25) is 0 Å². The van der Waals surface area contributed by atoms with E-state index in [4.69, 9.17) is 0 Å². The molecule has 2 aromatic heterocycles. The van der Waals surface area contributed by atoms with Crippen LogP contribution in [0.4, 0.5) is 0 Å². The molecule has 0 aliphatic carbocycles. The van der Waals surface area contributed by atoms with Gasteiger partial charge in [-0.1, -0.05) is 12.1 Å². The van der Waals surface area contributed by atoms with Crippen molar-refractivity contribution in [3.05, 3.63) is 52.6 Å². The van der Waals surface area contributed by atoms with Gasteiger partial charge in [-0.15, -0.1) is 0 Å². The maximum atomic E-state index is 11.9. The van der Waals surface area contributed by atoms with Crippen molar-refractivity contribution in [3.8, 4) is 0 Å². The van der Waals surface area contributed by atoms with Gasteiger partial charge in [-0.3, -0.25) is 4.79 Å². The first-order valence-corrected chi connectivity index (χ1v) is 5.24. The van der Waals surface area contributed by atoms with Gasteiger partial charge >= 0.3 is 0 Å². The molecule has 0 fully saturated rings. The van der Waals surface area contributed by atoms with Gasteiger partial charge in [0.05, 0.1) is 5.52 Å². The Morgan fingerprint density at radius 1 is 1.06 bits per heavy atom. The van der Waals surface area contributed by atoms with E-state index in [1.165, 1.54) is 5.56 Å². The standard InChI is InChI=1S/C13H12N2O/c1-9-3-4-10-8-12-13(16)14(2)5-6-15(12)11(10)7-9/h3-8H,1-2H3. The fourth-order valence-electron chi connectivity index (χ4n) is 2.07. The molecule has 0 spiro atoms. The fraction of sp³-hybridized carbons (Fsp3) is 0.154. The van der Waals surface area contributed by atoms with Crippen LogP contribution in [0.5, 0.6) is 0 Å². The average Bonchev–Trinajstić information content (AvgIpc) is 2.62. The number of benzene rings is 1. The summed E-state index contributed by atoms with van der Waals surface area (Å²) in [4.78, 5) is 11.9. The largest absolute Gasteiger partial charge is 0.315 e. The highest BCUT2D eigenvalue weighted by molar-refractivity contribution is 5.87. The molecule has 16 heavy (non-hydrogen) atoms. The number of aryl methyl sites for hydroxylation is 2. The molecular formula is C13H12N2O. The summed E-state index contributed by atoms with van der Waals surface area (Å²) in [7, 11) is 1.77. The Labute approximate surface area is 92.6 Å². The van der Waals surface area contributed by atoms with Crippen LogP contribution < -0.4 is 5.56 Å². The molecule has 0 aliphatic rings. The van der Waals surface area contributed by atoms with E-state index in [0.717, 1.165) is 16.4 Å². The van der Waals surface area contributed by atoms with Crippen molar-refractivity contribution in [3.63, 3.8) is 0 Å². The number of rotatable bonds is 0. The molecule has 0 saturated carbocycles. The maximum Gasteiger partial charge on any atom is 0.274 e. The molecule has 0 atom stereocenters. The Kier molecular flexibility index (Phi) is 1.72. The second-order valence-electron chi connectivity index (χ2n) is 4.18. The normalized spacial score (nSPS) is 11.4. The Hall–Kier alpha value is -2.03. The summed E-state index contributed by atoms with van der Waals surface area (Å²) >= 11 is 0. The summed E-state index contributed by atoms with van der Waals surface area (Å²) < 4.78 is 3.55. The van der Waals surface area contributed by atoms with Crippen molar-refractivity contribution >= 4 is 16.4 Å². The monoisotopic (exact) mass is 212 g/mol. The van der Waals surface area contributed by atoms with Crippen molar-refractivity contribution < 1.29 is 0 Å². The molecule has 0 N–H and O–H groups in total. The highest BCUT2D eigenvalue weighted by Crippen LogP contribution is 2.19. The highest BCUT2D eigenvalue weighted by Gasteiger charge is 2.05. The lowest BCUT2D eigenvalue weighted by Gasteiger charge is -2.00. The lowest BCUT2D eigenvalue weighted by Crippen LogP contribution is -2.17. The smallest absolute Gasteiger partial charge is 0.274 e. The molecule has 0 aliphatic heterocycles. The molecule has 2 heterocycles. The average molecular weight is 212 g/mol. The number of hydrogen-bond acceptors (Lipinski definition) is 1. The van der Waals surface area contributed by atoms with Crippen molar-refractivity contribution in [1.29, 1.82) is 0 Å². The van der Waals surface area contributed by atoms with E-state index in [-0.39, 0.29) is 5.56 Å². The summed E-state index contributed by atoms with van der Waals surface area (Å²) in [5, 5.41) is 1.11. The third-order valence-electron chi connectivity index (χ3n) is 2.98. The van der Waals surface area contributed by atoms with Gasteiger partial charge in [-0.05, 0) is 24.6 Å².